The molecule has 138 valence electrons. The van der Waals surface area contributed by atoms with Gasteiger partial charge in [0.05, 0.1) is 7.11 Å². The zero-order chi connectivity index (χ0) is 17.9. The van der Waals surface area contributed by atoms with Crippen molar-refractivity contribution in [2.24, 2.45) is 11.8 Å². The van der Waals surface area contributed by atoms with E-state index < -0.39 is 5.41 Å². The highest BCUT2D eigenvalue weighted by Gasteiger charge is 2.62. The molecule has 2 aromatic rings. The summed E-state index contributed by atoms with van der Waals surface area (Å²) in [5.74, 6) is 1.14. The topological polar surface area (TPSA) is 45.3 Å². The molecule has 0 radical (unpaired) electrons. The molecule has 1 aromatic heterocycles. The van der Waals surface area contributed by atoms with Crippen molar-refractivity contribution in [3.05, 3.63) is 35.5 Å². The van der Waals surface area contributed by atoms with Crippen LogP contribution >= 0.6 is 0 Å². The highest BCUT2D eigenvalue weighted by molar-refractivity contribution is 5.91. The number of hydrogen-bond acceptors (Lipinski definition) is 3. The normalized spacial score (nSPS) is 35.2. The van der Waals surface area contributed by atoms with Gasteiger partial charge in [-0.3, -0.25) is 9.69 Å². The van der Waals surface area contributed by atoms with Crippen LogP contribution in [0.4, 0.5) is 0 Å². The van der Waals surface area contributed by atoms with Gasteiger partial charge in [-0.05, 0) is 49.1 Å². The third kappa shape index (κ3) is 2.02. The Labute approximate surface area is 154 Å². The summed E-state index contributed by atoms with van der Waals surface area (Å²) in [6, 6.07) is 8.78. The molecular formula is C22H28N2O2. The van der Waals surface area contributed by atoms with Gasteiger partial charge in [0, 0.05) is 35.7 Å². The number of carbonyl (C=O) groups is 1. The predicted octanol–water partition coefficient (Wildman–Crippen LogP) is 3.65. The van der Waals surface area contributed by atoms with Crippen molar-refractivity contribution >= 4 is 16.9 Å². The van der Waals surface area contributed by atoms with Gasteiger partial charge >= 0.3 is 5.97 Å². The van der Waals surface area contributed by atoms with Crippen molar-refractivity contribution in [2.75, 3.05) is 20.2 Å². The Bertz CT molecular complexity index is 857. The minimum atomic E-state index is -0.527. The number of aromatic amines is 1. The number of benzene rings is 1. The Balaban J connectivity index is 1.77. The first-order valence-corrected chi connectivity index (χ1v) is 10.1. The van der Waals surface area contributed by atoms with Crippen LogP contribution in [0.15, 0.2) is 24.3 Å². The summed E-state index contributed by atoms with van der Waals surface area (Å²) in [4.78, 5) is 19.7. The van der Waals surface area contributed by atoms with Crippen LogP contribution in [0.2, 0.25) is 0 Å². The molecule has 1 aliphatic carbocycles. The SMILES string of the molecule is CCCC1CC2CN3CCc4c([nH]c5ccccc45)C(C(=O)OC)(C2)C13. The molecule has 2 saturated heterocycles. The van der Waals surface area contributed by atoms with E-state index in [0.717, 1.165) is 37.1 Å². The summed E-state index contributed by atoms with van der Waals surface area (Å²) in [5, 5.41) is 1.28. The number of esters is 1. The first kappa shape index (κ1) is 16.4. The van der Waals surface area contributed by atoms with Crippen LogP contribution in [0.5, 0.6) is 0 Å². The number of aromatic nitrogens is 1. The molecule has 3 fully saturated rings. The molecule has 4 heteroatoms. The summed E-state index contributed by atoms with van der Waals surface area (Å²) in [7, 11) is 1.56. The van der Waals surface area contributed by atoms with E-state index in [-0.39, 0.29) is 12.0 Å². The number of rotatable bonds is 3. The van der Waals surface area contributed by atoms with E-state index in [0.29, 0.717) is 11.8 Å². The minimum absolute atomic E-state index is 0.0345. The van der Waals surface area contributed by atoms with Gasteiger partial charge in [-0.2, -0.15) is 0 Å². The Morgan fingerprint density at radius 1 is 1.38 bits per heavy atom. The highest BCUT2D eigenvalue weighted by Crippen LogP contribution is 2.55. The van der Waals surface area contributed by atoms with E-state index in [2.05, 4.69) is 41.1 Å². The van der Waals surface area contributed by atoms with Gasteiger partial charge in [0.15, 0.2) is 0 Å². The third-order valence-corrected chi connectivity index (χ3v) is 7.20. The van der Waals surface area contributed by atoms with E-state index in [1.165, 1.54) is 30.2 Å². The lowest BCUT2D eigenvalue weighted by Crippen LogP contribution is -2.67. The zero-order valence-electron chi connectivity index (χ0n) is 15.8. The number of para-hydroxylation sites is 1. The quantitative estimate of drug-likeness (QED) is 0.858. The maximum Gasteiger partial charge on any atom is 0.319 e. The average molecular weight is 352 g/mol. The largest absolute Gasteiger partial charge is 0.468 e. The van der Waals surface area contributed by atoms with Gasteiger partial charge in [-0.1, -0.05) is 31.5 Å². The molecule has 4 bridgehead atoms. The Hall–Kier alpha value is -1.81. The smallest absolute Gasteiger partial charge is 0.319 e. The molecule has 4 heterocycles. The lowest BCUT2D eigenvalue weighted by atomic mass is 9.56. The number of nitrogens with zero attached hydrogens (tertiary/aromatic N) is 1. The number of fused-ring (bicyclic) bond motifs is 4. The number of H-pyrrole nitrogens is 1. The number of piperidine rings is 2. The molecule has 1 saturated carbocycles. The highest BCUT2D eigenvalue weighted by atomic mass is 16.5. The number of ether oxygens (including phenoxy) is 1. The van der Waals surface area contributed by atoms with Crippen molar-refractivity contribution in [2.45, 2.75) is 50.5 Å². The van der Waals surface area contributed by atoms with Crippen molar-refractivity contribution < 1.29 is 9.53 Å². The van der Waals surface area contributed by atoms with Crippen molar-refractivity contribution in [3.63, 3.8) is 0 Å². The maximum atomic E-state index is 13.4. The van der Waals surface area contributed by atoms with Gasteiger partial charge in [-0.25, -0.2) is 0 Å². The molecule has 0 amide bonds. The molecule has 26 heavy (non-hydrogen) atoms. The molecule has 4 nitrogen and oxygen atoms in total. The van der Waals surface area contributed by atoms with E-state index in [9.17, 15) is 4.79 Å². The van der Waals surface area contributed by atoms with Crippen molar-refractivity contribution in [1.82, 2.24) is 9.88 Å². The molecule has 5 unspecified atom stereocenters. The predicted molar refractivity (Wildman–Crippen MR) is 102 cm³/mol. The molecule has 6 rings (SSSR count). The first-order valence-electron chi connectivity index (χ1n) is 10.1. The summed E-state index contributed by atoms with van der Waals surface area (Å²) in [6.07, 6.45) is 5.59. The van der Waals surface area contributed by atoms with E-state index in [1.54, 1.807) is 7.11 Å². The van der Waals surface area contributed by atoms with Crippen LogP contribution in [0, 0.1) is 11.8 Å². The van der Waals surface area contributed by atoms with Crippen LogP contribution in [-0.4, -0.2) is 42.1 Å². The van der Waals surface area contributed by atoms with Gasteiger partial charge in [0.1, 0.15) is 5.41 Å². The Kier molecular flexibility index (Phi) is 3.68. The van der Waals surface area contributed by atoms with Crippen LogP contribution in [0.3, 0.4) is 0 Å². The van der Waals surface area contributed by atoms with Crippen molar-refractivity contribution in [1.29, 1.82) is 0 Å². The number of methoxy groups -OCH3 is 1. The second-order valence-electron chi connectivity index (χ2n) is 8.53. The molecule has 4 aliphatic rings. The van der Waals surface area contributed by atoms with Crippen LogP contribution in [-0.2, 0) is 21.4 Å². The van der Waals surface area contributed by atoms with Gasteiger partial charge in [-0.15, -0.1) is 0 Å². The van der Waals surface area contributed by atoms with Gasteiger partial charge in [0.25, 0.3) is 0 Å². The third-order valence-electron chi connectivity index (χ3n) is 7.20. The molecular weight excluding hydrogens is 324 g/mol. The zero-order valence-corrected chi connectivity index (χ0v) is 15.8. The lowest BCUT2D eigenvalue weighted by Gasteiger charge is -2.58. The van der Waals surface area contributed by atoms with Crippen LogP contribution < -0.4 is 0 Å². The fraction of sp³-hybridized carbons (Fsp3) is 0.591. The molecule has 3 aliphatic heterocycles. The summed E-state index contributed by atoms with van der Waals surface area (Å²) < 4.78 is 5.47. The van der Waals surface area contributed by atoms with E-state index >= 15 is 0 Å². The minimum Gasteiger partial charge on any atom is -0.468 e. The standard InChI is InChI=1S/C22H28N2O2/c1-3-6-15-11-14-12-22(21(25)26-2)19-17(9-10-24(13-14)20(15)22)16-7-4-5-8-18(16)23-19/h4-5,7-8,14-15,20,23H,3,6,9-13H2,1-2H3. The summed E-state index contributed by atoms with van der Waals surface area (Å²) in [6.45, 7) is 4.46. The van der Waals surface area contributed by atoms with E-state index in [1.807, 2.05) is 0 Å². The lowest BCUT2D eigenvalue weighted by molar-refractivity contribution is -0.162. The number of nitrogens with one attached hydrogen (secondary N) is 1. The van der Waals surface area contributed by atoms with Gasteiger partial charge < -0.3 is 9.72 Å². The number of hydrogen-bond donors (Lipinski definition) is 1. The van der Waals surface area contributed by atoms with Gasteiger partial charge in [0.2, 0.25) is 0 Å². The fourth-order valence-electron chi connectivity index (χ4n) is 6.52. The van der Waals surface area contributed by atoms with Crippen LogP contribution in [0.1, 0.15) is 43.9 Å². The summed E-state index contributed by atoms with van der Waals surface area (Å²) >= 11 is 0. The average Bonchev–Trinajstić information content (AvgIpc) is 3.00. The summed E-state index contributed by atoms with van der Waals surface area (Å²) in [5.41, 5.74) is 3.13. The van der Waals surface area contributed by atoms with E-state index in [4.69, 9.17) is 4.74 Å². The number of carbonyl (C=O) groups excluding carboxylic acids is 1. The Morgan fingerprint density at radius 3 is 3.04 bits per heavy atom. The molecule has 1 aromatic carbocycles. The molecule has 1 N–H and O–H groups in total. The Morgan fingerprint density at radius 2 is 2.23 bits per heavy atom. The fourth-order valence-corrected chi connectivity index (χ4v) is 6.52. The molecule has 5 atom stereocenters. The first-order chi connectivity index (χ1) is 12.7. The second kappa shape index (κ2) is 5.85. The second-order valence-corrected chi connectivity index (χ2v) is 8.53. The van der Waals surface area contributed by atoms with Crippen molar-refractivity contribution in [3.8, 4) is 0 Å². The monoisotopic (exact) mass is 352 g/mol. The molecule has 0 spiro atoms. The maximum absolute atomic E-state index is 13.4. The van der Waals surface area contributed by atoms with Crippen LogP contribution in [0.25, 0.3) is 10.9 Å².